The second-order valence-electron chi connectivity index (χ2n) is 8.73. The average molecular weight is 440 g/mol. The van der Waals surface area contributed by atoms with Crippen LogP contribution in [0.5, 0.6) is 0 Å². The summed E-state index contributed by atoms with van der Waals surface area (Å²) in [6.07, 6.45) is 1.46. The number of rotatable bonds is 4. The second kappa shape index (κ2) is 8.38. The summed E-state index contributed by atoms with van der Waals surface area (Å²) >= 11 is 0. The Morgan fingerprint density at radius 1 is 1.23 bits per heavy atom. The van der Waals surface area contributed by atoms with Crippen LogP contribution in [0.3, 0.4) is 0 Å². The molecule has 3 heterocycles. The Hall–Kier alpha value is -2.40. The summed E-state index contributed by atoms with van der Waals surface area (Å²) < 4.78 is 28.0. The number of nitrogens with two attached hydrogens (primary N) is 1. The molecule has 2 aliphatic rings. The molecule has 166 valence electrons. The van der Waals surface area contributed by atoms with E-state index in [1.807, 2.05) is 26.8 Å². The van der Waals surface area contributed by atoms with Crippen molar-refractivity contribution in [2.24, 2.45) is 11.1 Å². The molecule has 30 heavy (non-hydrogen) atoms. The van der Waals surface area contributed by atoms with Gasteiger partial charge in [-0.2, -0.15) is 0 Å². The number of carbonyl (C=O) groups excluding carboxylic acids is 2. The summed E-state index contributed by atoms with van der Waals surface area (Å²) in [6, 6.07) is 3.64. The molecule has 0 saturated carbocycles. The van der Waals surface area contributed by atoms with Crippen LogP contribution in [0, 0.1) is 5.92 Å². The largest absolute Gasteiger partial charge is 0.444 e. The highest BCUT2D eigenvalue weighted by Crippen LogP contribution is 2.26. The van der Waals surface area contributed by atoms with Crippen molar-refractivity contribution >= 4 is 33.5 Å². The molecule has 0 radical (unpaired) electrons. The molecule has 1 unspecified atom stereocenters. The number of pyridine rings is 1. The lowest BCUT2D eigenvalue weighted by Crippen LogP contribution is -2.50. The van der Waals surface area contributed by atoms with Gasteiger partial charge in [0.15, 0.2) is 0 Å². The zero-order valence-corrected chi connectivity index (χ0v) is 18.4. The van der Waals surface area contributed by atoms with Crippen molar-refractivity contribution in [3.8, 4) is 0 Å². The average Bonchev–Trinajstić information content (AvgIpc) is 2.99. The van der Waals surface area contributed by atoms with Crippen LogP contribution in [0.1, 0.15) is 27.2 Å². The predicted molar refractivity (Wildman–Crippen MR) is 113 cm³/mol. The second-order valence-corrected chi connectivity index (χ2v) is 10.4. The van der Waals surface area contributed by atoms with Crippen molar-refractivity contribution < 1.29 is 22.7 Å². The zero-order chi connectivity index (χ0) is 22.1. The van der Waals surface area contributed by atoms with Crippen LogP contribution in [0.4, 0.5) is 16.3 Å². The fraction of sp³-hybridized carbons (Fsp3) is 0.632. The molecule has 2 fully saturated rings. The lowest BCUT2D eigenvalue weighted by Gasteiger charge is -2.36. The number of sulfonamides is 1. The molecule has 0 bridgehead atoms. The summed E-state index contributed by atoms with van der Waals surface area (Å²) in [6.45, 7) is 8.18. The van der Waals surface area contributed by atoms with Crippen LogP contribution >= 0.6 is 0 Å². The van der Waals surface area contributed by atoms with Gasteiger partial charge in [-0.3, -0.25) is 4.79 Å². The lowest BCUT2D eigenvalue weighted by molar-refractivity contribution is -0.117. The highest BCUT2D eigenvalue weighted by atomic mass is 32.2. The van der Waals surface area contributed by atoms with Gasteiger partial charge in [0, 0.05) is 45.1 Å². The van der Waals surface area contributed by atoms with Gasteiger partial charge in [-0.15, -0.1) is 0 Å². The maximum absolute atomic E-state index is 12.3. The number of primary sulfonamides is 1. The lowest BCUT2D eigenvalue weighted by atomic mass is 10.1. The van der Waals surface area contributed by atoms with Gasteiger partial charge in [-0.25, -0.2) is 23.3 Å². The number of amides is 2. The molecule has 1 aromatic rings. The Labute approximate surface area is 177 Å². The van der Waals surface area contributed by atoms with Crippen LogP contribution in [-0.2, 0) is 19.6 Å². The third-order valence-electron chi connectivity index (χ3n) is 4.97. The van der Waals surface area contributed by atoms with Crippen molar-refractivity contribution in [2.45, 2.75) is 32.8 Å². The molecule has 10 nitrogen and oxygen atoms in total. The molecule has 2 aliphatic heterocycles. The normalized spacial score (nSPS) is 20.6. The molecule has 2 N–H and O–H groups in total. The molecular weight excluding hydrogens is 410 g/mol. The third-order valence-corrected chi connectivity index (χ3v) is 5.91. The van der Waals surface area contributed by atoms with Crippen molar-refractivity contribution in [3.63, 3.8) is 0 Å². The summed E-state index contributed by atoms with van der Waals surface area (Å²) in [5.74, 6) is 0.107. The van der Waals surface area contributed by atoms with Crippen molar-refractivity contribution in [2.75, 3.05) is 48.3 Å². The summed E-state index contributed by atoms with van der Waals surface area (Å²) in [5.41, 5.74) is 0.111. The van der Waals surface area contributed by atoms with E-state index in [1.165, 1.54) is 0 Å². The zero-order valence-electron chi connectivity index (χ0n) is 17.6. The monoisotopic (exact) mass is 439 g/mol. The minimum absolute atomic E-state index is 0.135. The van der Waals surface area contributed by atoms with Gasteiger partial charge in [-0.1, -0.05) is 0 Å². The summed E-state index contributed by atoms with van der Waals surface area (Å²) in [4.78, 5) is 34.2. The number of hydrogen-bond acceptors (Lipinski definition) is 7. The van der Waals surface area contributed by atoms with Crippen LogP contribution < -0.4 is 14.9 Å². The quantitative estimate of drug-likeness (QED) is 0.734. The minimum atomic E-state index is -3.62. The molecule has 2 amide bonds. The van der Waals surface area contributed by atoms with Gasteiger partial charge in [0.2, 0.25) is 15.9 Å². The molecule has 3 rings (SSSR count). The highest BCUT2D eigenvalue weighted by molar-refractivity contribution is 7.89. The van der Waals surface area contributed by atoms with E-state index in [9.17, 15) is 18.0 Å². The van der Waals surface area contributed by atoms with E-state index in [4.69, 9.17) is 9.88 Å². The SMILES string of the molecule is CC(C)(C)OC(=O)N1CCN(c2ccc(N3CC(CS(N)(=O)=O)CC3=O)cn2)CC1. The number of nitrogens with zero attached hydrogens (tertiary/aromatic N) is 4. The van der Waals surface area contributed by atoms with Crippen LogP contribution in [-0.4, -0.2) is 74.4 Å². The van der Waals surface area contributed by atoms with E-state index in [1.54, 1.807) is 22.1 Å². The molecule has 1 atom stereocenters. The van der Waals surface area contributed by atoms with E-state index in [2.05, 4.69) is 9.88 Å². The van der Waals surface area contributed by atoms with E-state index in [0.717, 1.165) is 5.82 Å². The van der Waals surface area contributed by atoms with Gasteiger partial charge < -0.3 is 19.4 Å². The maximum Gasteiger partial charge on any atom is 0.410 e. The molecule has 0 aliphatic carbocycles. The Morgan fingerprint density at radius 3 is 2.43 bits per heavy atom. The van der Waals surface area contributed by atoms with E-state index in [0.29, 0.717) is 38.4 Å². The smallest absolute Gasteiger partial charge is 0.410 e. The topological polar surface area (TPSA) is 126 Å². The van der Waals surface area contributed by atoms with E-state index < -0.39 is 15.6 Å². The van der Waals surface area contributed by atoms with Gasteiger partial charge in [0.05, 0.1) is 17.6 Å². The summed E-state index contributed by atoms with van der Waals surface area (Å²) in [7, 11) is -3.62. The Bertz CT molecular complexity index is 889. The fourth-order valence-electron chi connectivity index (χ4n) is 3.64. The van der Waals surface area contributed by atoms with Gasteiger partial charge in [0.25, 0.3) is 0 Å². The van der Waals surface area contributed by atoms with Gasteiger partial charge in [-0.05, 0) is 32.9 Å². The third kappa shape index (κ3) is 5.82. The Morgan fingerprint density at radius 2 is 1.90 bits per heavy atom. The maximum atomic E-state index is 12.3. The van der Waals surface area contributed by atoms with Crippen LogP contribution in [0.15, 0.2) is 18.3 Å². The van der Waals surface area contributed by atoms with Gasteiger partial charge in [0.1, 0.15) is 11.4 Å². The Kier molecular flexibility index (Phi) is 6.23. The number of piperazine rings is 1. The molecule has 1 aromatic heterocycles. The highest BCUT2D eigenvalue weighted by Gasteiger charge is 2.33. The number of anilines is 2. The predicted octanol–water partition coefficient (Wildman–Crippen LogP) is 0.780. The van der Waals surface area contributed by atoms with Crippen molar-refractivity contribution in [3.05, 3.63) is 18.3 Å². The van der Waals surface area contributed by atoms with E-state index >= 15 is 0 Å². The first-order valence-electron chi connectivity index (χ1n) is 9.91. The molecule has 0 spiro atoms. The molecule has 0 aromatic carbocycles. The minimum Gasteiger partial charge on any atom is -0.444 e. The van der Waals surface area contributed by atoms with Crippen molar-refractivity contribution in [1.82, 2.24) is 9.88 Å². The standard InChI is InChI=1S/C19H29N5O5S/c1-19(2,3)29-18(26)23-8-6-22(7-9-23)16-5-4-15(11-21-16)24-12-14(10-17(24)25)13-30(20,27)28/h4-5,11,14H,6-10,12-13H2,1-3H3,(H2,20,27,28). The number of aromatic nitrogens is 1. The number of carbonyl (C=O) groups is 2. The number of hydrogen-bond donors (Lipinski definition) is 1. The summed E-state index contributed by atoms with van der Waals surface area (Å²) in [5, 5.41) is 5.10. The first kappa shape index (κ1) is 22.3. The number of ether oxygens (including phenoxy) is 1. The first-order valence-corrected chi connectivity index (χ1v) is 11.6. The van der Waals surface area contributed by atoms with E-state index in [-0.39, 0.29) is 30.1 Å². The van der Waals surface area contributed by atoms with Crippen molar-refractivity contribution in [1.29, 1.82) is 0 Å². The Balaban J connectivity index is 1.57. The van der Waals surface area contributed by atoms with Gasteiger partial charge >= 0.3 is 6.09 Å². The first-order chi connectivity index (χ1) is 13.9. The molecule has 2 saturated heterocycles. The van der Waals surface area contributed by atoms with Crippen LogP contribution in [0.2, 0.25) is 0 Å². The van der Waals surface area contributed by atoms with Crippen LogP contribution in [0.25, 0.3) is 0 Å². The molecular formula is C19H29N5O5S. The molecule has 11 heteroatoms. The fourth-order valence-corrected chi connectivity index (χ4v) is 4.52.